The highest BCUT2D eigenvalue weighted by Gasteiger charge is 2.20. The normalized spacial score (nSPS) is 11.3. The number of benzene rings is 2. The van der Waals surface area contributed by atoms with Crippen molar-refractivity contribution in [2.75, 3.05) is 34.1 Å². The van der Waals surface area contributed by atoms with Crippen LogP contribution in [-0.2, 0) is 23.8 Å². The van der Waals surface area contributed by atoms with E-state index in [-0.39, 0.29) is 17.1 Å². The minimum absolute atomic E-state index is 0.0362. The number of thioether (sulfide) groups is 1. The molecule has 188 valence electrons. The van der Waals surface area contributed by atoms with Crippen molar-refractivity contribution in [1.29, 1.82) is 0 Å². The van der Waals surface area contributed by atoms with Gasteiger partial charge in [0.05, 0.1) is 27.1 Å². The predicted octanol–water partition coefficient (Wildman–Crippen LogP) is 4.56. The van der Waals surface area contributed by atoms with Crippen molar-refractivity contribution in [2.24, 2.45) is 7.05 Å². The molecule has 1 aromatic heterocycles. The molecule has 0 bridgehead atoms. The van der Waals surface area contributed by atoms with Crippen molar-refractivity contribution in [1.82, 2.24) is 19.7 Å². The van der Waals surface area contributed by atoms with Crippen molar-refractivity contribution in [2.45, 2.75) is 37.9 Å². The molecule has 0 aliphatic rings. The van der Waals surface area contributed by atoms with Crippen LogP contribution < -0.4 is 14.2 Å². The fraction of sp³-hybridized carbons (Fsp3) is 0.423. The predicted molar refractivity (Wildman–Crippen MR) is 138 cm³/mol. The van der Waals surface area contributed by atoms with Crippen LogP contribution in [0.3, 0.4) is 0 Å². The number of methoxy groups -OCH3 is 3. The van der Waals surface area contributed by atoms with Crippen molar-refractivity contribution in [3.63, 3.8) is 0 Å². The van der Waals surface area contributed by atoms with Crippen molar-refractivity contribution >= 4 is 17.7 Å². The van der Waals surface area contributed by atoms with Crippen molar-refractivity contribution in [3.05, 3.63) is 47.5 Å². The van der Waals surface area contributed by atoms with Crippen LogP contribution in [0, 0.1) is 0 Å². The maximum absolute atomic E-state index is 12.9. The van der Waals surface area contributed by atoms with E-state index in [0.29, 0.717) is 28.9 Å². The lowest BCUT2D eigenvalue weighted by Gasteiger charge is -2.21. The average molecular weight is 499 g/mol. The lowest BCUT2D eigenvalue weighted by molar-refractivity contribution is -0.127. The summed E-state index contributed by atoms with van der Waals surface area (Å²) in [6.45, 7) is 6.93. The Balaban J connectivity index is 1.67. The topological polar surface area (TPSA) is 78.7 Å². The van der Waals surface area contributed by atoms with Gasteiger partial charge < -0.3 is 23.7 Å². The van der Waals surface area contributed by atoms with Crippen LogP contribution in [0.25, 0.3) is 11.4 Å². The van der Waals surface area contributed by atoms with Crippen LogP contribution in [0.15, 0.2) is 41.6 Å². The first kappa shape index (κ1) is 26.4. The molecule has 0 saturated carbocycles. The maximum atomic E-state index is 12.9. The first-order valence-electron chi connectivity index (χ1n) is 11.3. The van der Waals surface area contributed by atoms with Gasteiger partial charge in [0.2, 0.25) is 11.7 Å². The van der Waals surface area contributed by atoms with E-state index in [1.165, 1.54) is 17.3 Å². The first-order chi connectivity index (χ1) is 16.6. The molecule has 0 fully saturated rings. The number of carbonyl (C=O) groups excluding carboxylic acids is 1. The Morgan fingerprint density at radius 3 is 2.20 bits per heavy atom. The van der Waals surface area contributed by atoms with Gasteiger partial charge in [-0.05, 0) is 23.1 Å². The van der Waals surface area contributed by atoms with E-state index in [0.717, 1.165) is 17.0 Å². The Hall–Kier alpha value is -3.20. The minimum Gasteiger partial charge on any atom is -0.493 e. The largest absolute Gasteiger partial charge is 0.493 e. The summed E-state index contributed by atoms with van der Waals surface area (Å²) in [5.74, 6) is 2.60. The quantitative estimate of drug-likeness (QED) is 0.400. The number of nitrogens with zero attached hydrogens (tertiary/aromatic N) is 4. The molecule has 1 heterocycles. The molecule has 0 radical (unpaired) electrons. The Labute approximate surface area is 211 Å². The molecule has 0 atom stereocenters. The molecule has 0 aliphatic heterocycles. The molecule has 8 nitrogen and oxygen atoms in total. The highest BCUT2D eigenvalue weighted by atomic mass is 32.2. The van der Waals surface area contributed by atoms with Crippen LogP contribution in [0.5, 0.6) is 17.2 Å². The maximum Gasteiger partial charge on any atom is 0.233 e. The molecule has 1 amide bonds. The second kappa shape index (κ2) is 11.0. The molecule has 0 aliphatic carbocycles. The summed E-state index contributed by atoms with van der Waals surface area (Å²) < 4.78 is 18.2. The number of ether oxygens (including phenoxy) is 3. The summed E-state index contributed by atoms with van der Waals surface area (Å²) in [6, 6.07) is 12.0. The number of carbonyl (C=O) groups is 1. The van der Waals surface area contributed by atoms with Gasteiger partial charge in [0.1, 0.15) is 0 Å². The third-order valence-corrected chi connectivity index (χ3v) is 6.79. The van der Waals surface area contributed by atoms with Crippen LogP contribution >= 0.6 is 11.8 Å². The Bertz CT molecular complexity index is 1170. The van der Waals surface area contributed by atoms with E-state index in [1.54, 1.807) is 39.3 Å². The summed E-state index contributed by atoms with van der Waals surface area (Å²) in [4.78, 5) is 14.5. The third kappa shape index (κ3) is 5.90. The molecule has 3 rings (SSSR count). The van der Waals surface area contributed by atoms with Crippen molar-refractivity contribution < 1.29 is 19.0 Å². The van der Waals surface area contributed by atoms with Gasteiger partial charge in [-0.1, -0.05) is 56.8 Å². The van der Waals surface area contributed by atoms with Gasteiger partial charge in [0.15, 0.2) is 22.5 Å². The monoisotopic (exact) mass is 498 g/mol. The van der Waals surface area contributed by atoms with Gasteiger partial charge >= 0.3 is 0 Å². The number of aromatic nitrogens is 3. The molecular weight excluding hydrogens is 464 g/mol. The van der Waals surface area contributed by atoms with Gasteiger partial charge in [0.25, 0.3) is 0 Å². The fourth-order valence-electron chi connectivity index (χ4n) is 3.68. The zero-order chi connectivity index (χ0) is 25.8. The molecule has 0 saturated heterocycles. The van der Waals surface area contributed by atoms with Crippen LogP contribution in [0.2, 0.25) is 0 Å². The SMILES string of the molecule is COc1ccc(CN(C)C(=O)CSc2nnc(-c3ccc(C(C)(C)C)cc3)n2C)c(OC)c1OC. The third-order valence-electron chi connectivity index (χ3n) is 5.79. The standard InChI is InChI=1S/C26H34N4O4S/c1-26(2,3)19-12-9-17(10-13-19)24-27-28-25(30(24)5)35-16-21(31)29(4)15-18-11-14-20(32-6)23(34-8)22(18)33-7/h9-14H,15-16H2,1-8H3. The van der Waals surface area contributed by atoms with E-state index in [9.17, 15) is 4.79 Å². The Morgan fingerprint density at radius 2 is 1.63 bits per heavy atom. The van der Waals surface area contributed by atoms with Gasteiger partial charge in [-0.2, -0.15) is 0 Å². The highest BCUT2D eigenvalue weighted by molar-refractivity contribution is 7.99. The molecule has 0 unspecified atom stereocenters. The summed E-state index contributed by atoms with van der Waals surface area (Å²) in [5.41, 5.74) is 3.17. The number of amides is 1. The van der Waals surface area contributed by atoms with Gasteiger partial charge in [-0.25, -0.2) is 0 Å². The molecular formula is C26H34N4O4S. The molecule has 0 spiro atoms. The van der Waals surface area contributed by atoms with E-state index in [1.807, 2.05) is 17.7 Å². The fourth-order valence-corrected chi connectivity index (χ4v) is 4.53. The first-order valence-corrected chi connectivity index (χ1v) is 12.2. The average Bonchev–Trinajstić information content (AvgIpc) is 3.21. The van der Waals surface area contributed by atoms with E-state index in [2.05, 4.69) is 55.2 Å². The highest BCUT2D eigenvalue weighted by Crippen LogP contribution is 2.40. The van der Waals surface area contributed by atoms with Crippen LogP contribution in [0.1, 0.15) is 31.9 Å². The zero-order valence-electron chi connectivity index (χ0n) is 21.7. The molecule has 2 aromatic carbocycles. The summed E-state index contributed by atoms with van der Waals surface area (Å²) in [6.07, 6.45) is 0. The lowest BCUT2D eigenvalue weighted by atomic mass is 9.87. The second-order valence-corrected chi connectivity index (χ2v) is 10.2. The molecule has 3 aromatic rings. The Kier molecular flexibility index (Phi) is 8.32. The number of rotatable bonds is 9. The second-order valence-electron chi connectivity index (χ2n) is 9.22. The van der Waals surface area contributed by atoms with Gasteiger partial charge in [-0.15, -0.1) is 10.2 Å². The summed E-state index contributed by atoms with van der Waals surface area (Å²) >= 11 is 1.36. The number of hydrogen-bond donors (Lipinski definition) is 0. The van der Waals surface area contributed by atoms with Gasteiger partial charge in [-0.3, -0.25) is 4.79 Å². The minimum atomic E-state index is -0.0362. The van der Waals surface area contributed by atoms with Gasteiger partial charge in [0, 0.05) is 31.8 Å². The summed E-state index contributed by atoms with van der Waals surface area (Å²) in [5, 5.41) is 9.34. The number of hydrogen-bond acceptors (Lipinski definition) is 7. The van der Waals surface area contributed by atoms with E-state index in [4.69, 9.17) is 14.2 Å². The molecule has 0 N–H and O–H groups in total. The van der Waals surface area contributed by atoms with Crippen molar-refractivity contribution in [3.8, 4) is 28.6 Å². The van der Waals surface area contributed by atoms with E-state index < -0.39 is 0 Å². The lowest BCUT2D eigenvalue weighted by Crippen LogP contribution is -2.28. The molecule has 35 heavy (non-hydrogen) atoms. The van der Waals surface area contributed by atoms with Crippen LogP contribution in [-0.4, -0.2) is 59.7 Å². The van der Waals surface area contributed by atoms with E-state index >= 15 is 0 Å². The van der Waals surface area contributed by atoms with Crippen LogP contribution in [0.4, 0.5) is 0 Å². The Morgan fingerprint density at radius 1 is 0.971 bits per heavy atom. The summed E-state index contributed by atoms with van der Waals surface area (Å²) in [7, 11) is 8.38. The smallest absolute Gasteiger partial charge is 0.233 e. The zero-order valence-corrected chi connectivity index (χ0v) is 22.5. The molecule has 9 heteroatoms.